The van der Waals surface area contributed by atoms with Gasteiger partial charge in [0.1, 0.15) is 5.88 Å². The third-order valence-electron chi connectivity index (χ3n) is 3.26. The highest BCUT2D eigenvalue weighted by molar-refractivity contribution is 7.85. The molecule has 1 fully saturated rings. The first-order valence-electron chi connectivity index (χ1n) is 5.53. The molecular weight excluding hydrogens is 265 g/mol. The number of rotatable bonds is 0. The van der Waals surface area contributed by atoms with Crippen LogP contribution in [0.15, 0.2) is 18.2 Å². The molecule has 2 aliphatic rings. The molecule has 98 valence electrons. The summed E-state index contributed by atoms with van der Waals surface area (Å²) >= 11 is 0. The van der Waals surface area contributed by atoms with Gasteiger partial charge in [0.05, 0.1) is 11.3 Å². The Bertz CT molecular complexity index is 518. The molecule has 1 aromatic rings. The Morgan fingerprint density at radius 2 is 2.06 bits per heavy atom. The molecule has 0 bridgehead atoms. The van der Waals surface area contributed by atoms with E-state index >= 15 is 0 Å². The summed E-state index contributed by atoms with van der Waals surface area (Å²) in [6.45, 7) is 0.792. The lowest BCUT2D eigenvalue weighted by Crippen LogP contribution is -2.47. The zero-order valence-electron chi connectivity index (χ0n) is 9.41. The van der Waals surface area contributed by atoms with Gasteiger partial charge < -0.3 is 0 Å². The van der Waals surface area contributed by atoms with E-state index in [0.29, 0.717) is 23.5 Å². The summed E-state index contributed by atoms with van der Waals surface area (Å²) < 4.78 is 50.2. The van der Waals surface area contributed by atoms with Gasteiger partial charge in [0.15, 0.2) is 0 Å². The van der Waals surface area contributed by atoms with Crippen LogP contribution in [0.3, 0.4) is 0 Å². The van der Waals surface area contributed by atoms with Gasteiger partial charge in [-0.1, -0.05) is 6.07 Å². The van der Waals surface area contributed by atoms with Gasteiger partial charge in [0.25, 0.3) is 0 Å². The van der Waals surface area contributed by atoms with Crippen LogP contribution in [0.5, 0.6) is 0 Å². The van der Waals surface area contributed by atoms with E-state index in [0.717, 1.165) is 6.07 Å². The molecule has 1 atom stereocenters. The van der Waals surface area contributed by atoms with Crippen molar-refractivity contribution in [3.63, 3.8) is 0 Å². The summed E-state index contributed by atoms with van der Waals surface area (Å²) in [5.41, 5.74) is 0.252. The molecule has 1 unspecified atom stereocenters. The Kier molecular flexibility index (Phi) is 2.63. The monoisotopic (exact) mass is 276 g/mol. The maximum absolute atomic E-state index is 12.9. The fraction of sp³-hybridized carbons (Fsp3) is 0.455. The van der Waals surface area contributed by atoms with E-state index in [2.05, 4.69) is 0 Å². The fourth-order valence-electron chi connectivity index (χ4n) is 2.43. The molecule has 0 aliphatic carbocycles. The lowest BCUT2D eigenvalue weighted by atomic mass is 10.1. The molecule has 0 N–H and O–H groups in total. The van der Waals surface area contributed by atoms with Crippen molar-refractivity contribution >= 4 is 16.5 Å². The summed E-state index contributed by atoms with van der Waals surface area (Å²) in [6.07, 6.45) is -4.33. The first kappa shape index (κ1) is 12.0. The number of fused-ring (bicyclic) bond motifs is 3. The van der Waals surface area contributed by atoms with Crippen molar-refractivity contribution < 1.29 is 17.4 Å². The lowest BCUT2D eigenvalue weighted by Gasteiger charge is -2.33. The van der Waals surface area contributed by atoms with Crippen LogP contribution in [0.2, 0.25) is 0 Å². The molecule has 2 heterocycles. The third kappa shape index (κ3) is 1.81. The molecule has 0 amide bonds. The van der Waals surface area contributed by atoms with Crippen LogP contribution in [0.4, 0.5) is 18.9 Å². The quantitative estimate of drug-likeness (QED) is 0.724. The van der Waals surface area contributed by atoms with Crippen molar-refractivity contribution in [3.05, 3.63) is 29.3 Å². The van der Waals surface area contributed by atoms with Gasteiger partial charge >= 0.3 is 6.18 Å². The highest BCUT2D eigenvalue weighted by Crippen LogP contribution is 2.41. The molecule has 1 aromatic carbocycles. The van der Waals surface area contributed by atoms with E-state index in [1.165, 1.54) is 6.07 Å². The minimum absolute atomic E-state index is 0.252. The van der Waals surface area contributed by atoms with Crippen molar-refractivity contribution in [2.24, 2.45) is 0 Å². The predicted molar refractivity (Wildman–Crippen MR) is 62.2 cm³/mol. The van der Waals surface area contributed by atoms with E-state index in [1.807, 2.05) is 5.01 Å². The van der Waals surface area contributed by atoms with Crippen molar-refractivity contribution in [2.45, 2.75) is 12.7 Å². The molecule has 18 heavy (non-hydrogen) atoms. The average molecular weight is 276 g/mol. The van der Waals surface area contributed by atoms with Gasteiger partial charge in [-0.2, -0.15) is 13.2 Å². The summed E-state index contributed by atoms with van der Waals surface area (Å²) in [4.78, 5) is 0. The molecular formula is C11H11F3N2OS. The van der Waals surface area contributed by atoms with Crippen molar-refractivity contribution in [2.75, 3.05) is 23.2 Å². The topological polar surface area (TPSA) is 23.6 Å². The van der Waals surface area contributed by atoms with Crippen LogP contribution in [0.1, 0.15) is 11.1 Å². The molecule has 0 spiro atoms. The molecule has 3 nitrogen and oxygen atoms in total. The van der Waals surface area contributed by atoms with Gasteiger partial charge in [-0.3, -0.25) is 9.22 Å². The van der Waals surface area contributed by atoms with Gasteiger partial charge in [0, 0.05) is 35.2 Å². The van der Waals surface area contributed by atoms with Crippen molar-refractivity contribution in [3.8, 4) is 0 Å². The van der Waals surface area contributed by atoms with Gasteiger partial charge in [0.2, 0.25) is 0 Å². The number of hydrogen-bond acceptors (Lipinski definition) is 3. The number of hydrazine groups is 1. The molecule has 1 saturated heterocycles. The lowest BCUT2D eigenvalue weighted by molar-refractivity contribution is -0.138. The second kappa shape index (κ2) is 3.96. The Labute approximate surface area is 105 Å². The number of hydrogen-bond donors (Lipinski definition) is 0. The molecule has 7 heteroatoms. The number of nitrogens with zero attached hydrogens (tertiary/aromatic N) is 2. The predicted octanol–water partition coefficient (Wildman–Crippen LogP) is 1.96. The second-order valence-electron chi connectivity index (χ2n) is 4.36. The summed E-state index contributed by atoms with van der Waals surface area (Å²) in [5, 5.41) is 3.55. The standard InChI is InChI=1S/C11H11F3N2OS/c12-11(13,14)9-2-1-3-10-8(9)6-15-4-5-18(17)7-16(10)15/h1-3H,4-7H2. The van der Waals surface area contributed by atoms with E-state index in [9.17, 15) is 17.4 Å². The first-order chi connectivity index (χ1) is 8.47. The maximum atomic E-state index is 12.9. The normalized spacial score (nSPS) is 23.9. The van der Waals surface area contributed by atoms with Crippen LogP contribution in [-0.4, -0.2) is 27.4 Å². The molecule has 0 saturated carbocycles. The number of halogens is 3. The third-order valence-corrected chi connectivity index (χ3v) is 4.43. The Hall–Kier alpha value is -1.08. The molecule has 0 radical (unpaired) electrons. The summed E-state index contributed by atoms with van der Waals surface area (Å²) in [7, 11) is -0.983. The molecule has 0 aromatic heterocycles. The SMILES string of the molecule is O=S1CCN2Cc3c(cccc3C(F)(F)F)N2C1. The maximum Gasteiger partial charge on any atom is 0.416 e. The molecule has 2 aliphatic heterocycles. The number of alkyl halides is 3. The highest BCUT2D eigenvalue weighted by atomic mass is 32.2. The second-order valence-corrected chi connectivity index (χ2v) is 5.91. The van der Waals surface area contributed by atoms with E-state index < -0.39 is 22.5 Å². The largest absolute Gasteiger partial charge is 0.416 e. The first-order valence-corrected chi connectivity index (χ1v) is 7.02. The van der Waals surface area contributed by atoms with Gasteiger partial charge in [-0.15, -0.1) is 0 Å². The van der Waals surface area contributed by atoms with Crippen LogP contribution < -0.4 is 5.01 Å². The van der Waals surface area contributed by atoms with Crippen molar-refractivity contribution in [1.29, 1.82) is 0 Å². The minimum Gasteiger partial charge on any atom is -0.293 e. The zero-order valence-corrected chi connectivity index (χ0v) is 10.2. The van der Waals surface area contributed by atoms with Crippen LogP contribution in [0, 0.1) is 0 Å². The van der Waals surface area contributed by atoms with Crippen molar-refractivity contribution in [1.82, 2.24) is 5.01 Å². The van der Waals surface area contributed by atoms with Crippen LogP contribution in [0.25, 0.3) is 0 Å². The summed E-state index contributed by atoms with van der Waals surface area (Å²) in [5.74, 6) is 0.806. The van der Waals surface area contributed by atoms with Crippen LogP contribution in [-0.2, 0) is 23.5 Å². The molecule has 3 rings (SSSR count). The van der Waals surface area contributed by atoms with E-state index in [4.69, 9.17) is 0 Å². The number of anilines is 1. The Balaban J connectivity index is 2.06. The van der Waals surface area contributed by atoms with Gasteiger partial charge in [-0.25, -0.2) is 5.01 Å². The van der Waals surface area contributed by atoms with E-state index in [1.54, 1.807) is 11.1 Å². The van der Waals surface area contributed by atoms with Gasteiger partial charge in [-0.05, 0) is 12.1 Å². The smallest absolute Gasteiger partial charge is 0.293 e. The fourth-order valence-corrected chi connectivity index (χ4v) is 3.55. The Morgan fingerprint density at radius 3 is 2.78 bits per heavy atom. The highest BCUT2D eigenvalue weighted by Gasteiger charge is 2.40. The number of benzene rings is 1. The Morgan fingerprint density at radius 1 is 1.28 bits per heavy atom. The average Bonchev–Trinajstić information content (AvgIpc) is 2.65. The minimum atomic E-state index is -4.33. The van der Waals surface area contributed by atoms with Crippen LogP contribution >= 0.6 is 0 Å². The van der Waals surface area contributed by atoms with E-state index in [-0.39, 0.29) is 12.4 Å². The summed E-state index contributed by atoms with van der Waals surface area (Å²) in [6, 6.07) is 4.17. The zero-order chi connectivity index (χ0) is 12.9.